The fourth-order valence-electron chi connectivity index (χ4n) is 2.75. The van der Waals surface area contributed by atoms with Gasteiger partial charge in [0.2, 0.25) is 5.95 Å². The van der Waals surface area contributed by atoms with Crippen molar-refractivity contribution in [2.45, 2.75) is 22.8 Å². The second kappa shape index (κ2) is 9.41. The number of nitrogens with one attached hydrogen (secondary N) is 2. The number of benzene rings is 2. The number of halogens is 1. The van der Waals surface area contributed by atoms with Crippen LogP contribution in [0.3, 0.4) is 0 Å². The van der Waals surface area contributed by atoms with E-state index in [0.29, 0.717) is 17.3 Å². The molecule has 0 aliphatic heterocycles. The van der Waals surface area contributed by atoms with Crippen molar-refractivity contribution in [1.29, 1.82) is 5.26 Å². The molecule has 1 aromatic heterocycles. The lowest BCUT2D eigenvalue weighted by molar-refractivity contribution is -0.112. The molecule has 6 nitrogen and oxygen atoms in total. The summed E-state index contributed by atoms with van der Waals surface area (Å²) in [6.45, 7) is 0. The first-order valence-corrected chi connectivity index (χ1v) is 10.5. The van der Waals surface area contributed by atoms with Crippen LogP contribution >= 0.6 is 11.8 Å². The van der Waals surface area contributed by atoms with Gasteiger partial charge in [-0.15, -0.1) is 0 Å². The zero-order valence-corrected chi connectivity index (χ0v) is 17.2. The topological polar surface area (TPSA) is 90.7 Å². The Morgan fingerprint density at radius 3 is 2.68 bits per heavy atom. The lowest BCUT2D eigenvalue weighted by Crippen LogP contribution is -2.13. The summed E-state index contributed by atoms with van der Waals surface area (Å²) in [5.41, 5.74) is 1.25. The van der Waals surface area contributed by atoms with E-state index in [0.717, 1.165) is 23.9 Å². The summed E-state index contributed by atoms with van der Waals surface area (Å²) in [7, 11) is 0. The van der Waals surface area contributed by atoms with Crippen LogP contribution in [0.4, 0.5) is 21.7 Å². The molecule has 0 radical (unpaired) electrons. The average molecular weight is 431 g/mol. The molecule has 1 fully saturated rings. The fraction of sp³-hybridized carbons (Fsp3) is 0.130. The third-order valence-electron chi connectivity index (χ3n) is 4.44. The van der Waals surface area contributed by atoms with Crippen LogP contribution in [0.2, 0.25) is 0 Å². The number of hydrogen-bond acceptors (Lipinski definition) is 6. The molecule has 4 rings (SSSR count). The van der Waals surface area contributed by atoms with Gasteiger partial charge in [-0.25, -0.2) is 14.4 Å². The normalized spacial score (nSPS) is 13.4. The van der Waals surface area contributed by atoms with Crippen molar-refractivity contribution in [2.24, 2.45) is 5.92 Å². The van der Waals surface area contributed by atoms with Gasteiger partial charge in [0.1, 0.15) is 16.7 Å². The number of nitriles is 1. The van der Waals surface area contributed by atoms with Gasteiger partial charge in [-0.2, -0.15) is 5.26 Å². The lowest BCUT2D eigenvalue weighted by atomic mass is 10.2. The van der Waals surface area contributed by atoms with E-state index in [-0.39, 0.29) is 16.5 Å². The van der Waals surface area contributed by atoms with E-state index in [2.05, 4.69) is 20.6 Å². The molecule has 1 aliphatic carbocycles. The lowest BCUT2D eigenvalue weighted by Gasteiger charge is -2.10. The average Bonchev–Trinajstić information content (AvgIpc) is 3.59. The van der Waals surface area contributed by atoms with E-state index in [9.17, 15) is 14.4 Å². The summed E-state index contributed by atoms with van der Waals surface area (Å²) >= 11 is 1.21. The minimum Gasteiger partial charge on any atom is -0.324 e. The molecular weight excluding hydrogens is 413 g/mol. The molecule has 3 aromatic rings. The van der Waals surface area contributed by atoms with Gasteiger partial charge in [0.25, 0.3) is 5.91 Å². The maximum absolute atomic E-state index is 14.2. The van der Waals surface area contributed by atoms with Crippen LogP contribution in [0, 0.1) is 23.1 Å². The Morgan fingerprint density at radius 1 is 1.16 bits per heavy atom. The number of aromatic nitrogens is 2. The van der Waals surface area contributed by atoms with Gasteiger partial charge in [-0.05, 0) is 49.1 Å². The highest BCUT2D eigenvalue weighted by Gasteiger charge is 2.21. The molecule has 8 heteroatoms. The van der Waals surface area contributed by atoms with Crippen LogP contribution in [-0.4, -0.2) is 15.9 Å². The van der Waals surface area contributed by atoms with Crippen molar-refractivity contribution in [3.8, 4) is 6.07 Å². The zero-order chi connectivity index (χ0) is 21.6. The third-order valence-corrected chi connectivity index (χ3v) is 5.42. The van der Waals surface area contributed by atoms with Crippen molar-refractivity contribution >= 4 is 35.0 Å². The Morgan fingerprint density at radius 2 is 1.94 bits per heavy atom. The molecule has 1 aliphatic rings. The SMILES string of the molecule is N#C/C(=C/C1CC1)C(=O)Nc1cccc(Nc2ncc(F)c(Sc3ccccc3)n2)c1. The van der Waals surface area contributed by atoms with E-state index < -0.39 is 11.7 Å². The Labute approximate surface area is 183 Å². The molecule has 0 saturated heterocycles. The molecular formula is C23H18FN5OS. The second-order valence-corrected chi connectivity index (χ2v) is 8.01. The maximum atomic E-state index is 14.2. The van der Waals surface area contributed by atoms with Gasteiger partial charge in [-0.1, -0.05) is 42.1 Å². The van der Waals surface area contributed by atoms with Crippen molar-refractivity contribution in [2.75, 3.05) is 10.6 Å². The quantitative estimate of drug-likeness (QED) is 0.299. The summed E-state index contributed by atoms with van der Waals surface area (Å²) in [5.74, 6) is -0.389. The highest BCUT2D eigenvalue weighted by molar-refractivity contribution is 7.99. The Hall–Kier alpha value is -3.70. The molecule has 0 bridgehead atoms. The van der Waals surface area contributed by atoms with E-state index in [1.807, 2.05) is 36.4 Å². The number of carbonyl (C=O) groups is 1. The summed E-state index contributed by atoms with van der Waals surface area (Å²) in [6.07, 6.45) is 4.87. The molecule has 0 spiro atoms. The predicted octanol–water partition coefficient (Wildman–Crippen LogP) is 5.31. The van der Waals surface area contributed by atoms with Crippen molar-refractivity contribution in [1.82, 2.24) is 9.97 Å². The van der Waals surface area contributed by atoms with Gasteiger partial charge in [0, 0.05) is 16.3 Å². The molecule has 0 unspecified atom stereocenters. The van der Waals surface area contributed by atoms with E-state index in [1.54, 1.807) is 30.3 Å². The van der Waals surface area contributed by atoms with Crippen molar-refractivity contribution in [3.05, 3.63) is 78.3 Å². The third kappa shape index (κ3) is 5.68. The Kier molecular flexibility index (Phi) is 6.24. The first kappa shape index (κ1) is 20.6. The summed E-state index contributed by atoms with van der Waals surface area (Å²) in [4.78, 5) is 21.5. The summed E-state index contributed by atoms with van der Waals surface area (Å²) in [5, 5.41) is 15.2. The molecule has 1 amide bonds. The number of hydrogen-bond donors (Lipinski definition) is 2. The van der Waals surface area contributed by atoms with Crippen LogP contribution in [0.1, 0.15) is 12.8 Å². The fourth-order valence-corrected chi connectivity index (χ4v) is 3.55. The monoisotopic (exact) mass is 431 g/mol. The molecule has 2 N–H and O–H groups in total. The Bertz CT molecular complexity index is 1170. The smallest absolute Gasteiger partial charge is 0.265 e. The summed E-state index contributed by atoms with van der Waals surface area (Å²) in [6, 6.07) is 18.3. The number of nitrogens with zero attached hydrogens (tertiary/aromatic N) is 3. The van der Waals surface area contributed by atoms with Gasteiger partial charge in [-0.3, -0.25) is 4.79 Å². The summed E-state index contributed by atoms with van der Waals surface area (Å²) < 4.78 is 14.2. The molecule has 2 aromatic carbocycles. The van der Waals surface area contributed by atoms with E-state index >= 15 is 0 Å². The van der Waals surface area contributed by atoms with Gasteiger partial charge < -0.3 is 10.6 Å². The van der Waals surface area contributed by atoms with Gasteiger partial charge in [0.05, 0.1) is 6.20 Å². The molecule has 0 atom stereocenters. The molecule has 154 valence electrons. The zero-order valence-electron chi connectivity index (χ0n) is 16.4. The van der Waals surface area contributed by atoms with Crippen molar-refractivity contribution in [3.63, 3.8) is 0 Å². The van der Waals surface area contributed by atoms with Crippen LogP contribution < -0.4 is 10.6 Å². The van der Waals surface area contributed by atoms with Crippen LogP contribution in [0.25, 0.3) is 0 Å². The highest BCUT2D eigenvalue weighted by atomic mass is 32.2. The predicted molar refractivity (Wildman–Crippen MR) is 117 cm³/mol. The van der Waals surface area contributed by atoms with Gasteiger partial charge in [0.15, 0.2) is 5.82 Å². The minimum atomic E-state index is -0.508. The number of rotatable bonds is 7. The number of carbonyl (C=O) groups excluding carboxylic acids is 1. The number of allylic oxidation sites excluding steroid dienone is 1. The molecule has 31 heavy (non-hydrogen) atoms. The van der Waals surface area contributed by atoms with E-state index in [1.165, 1.54) is 11.8 Å². The largest absolute Gasteiger partial charge is 0.324 e. The maximum Gasteiger partial charge on any atom is 0.265 e. The molecule has 1 saturated carbocycles. The number of anilines is 3. The second-order valence-electron chi connectivity index (χ2n) is 6.95. The highest BCUT2D eigenvalue weighted by Crippen LogP contribution is 2.31. The van der Waals surface area contributed by atoms with Crippen LogP contribution in [0.15, 0.2) is 82.4 Å². The van der Waals surface area contributed by atoms with E-state index in [4.69, 9.17) is 0 Å². The standard InChI is InChI=1S/C23H18FN5OS/c24-20-14-26-23(29-22(20)31-19-7-2-1-3-8-19)28-18-6-4-5-17(12-18)27-21(30)16(13-25)11-15-9-10-15/h1-8,11-12,14-15H,9-10H2,(H,27,30)(H,26,28,29)/b16-11-. The van der Waals surface area contributed by atoms with Crippen molar-refractivity contribution < 1.29 is 9.18 Å². The minimum absolute atomic E-state index is 0.116. The number of amides is 1. The van der Waals surface area contributed by atoms with Crippen LogP contribution in [-0.2, 0) is 4.79 Å². The molecule has 1 heterocycles. The van der Waals surface area contributed by atoms with Crippen LogP contribution in [0.5, 0.6) is 0 Å². The first-order valence-electron chi connectivity index (χ1n) is 9.66. The Balaban J connectivity index is 1.47. The van der Waals surface area contributed by atoms with Gasteiger partial charge >= 0.3 is 0 Å². The first-order chi connectivity index (χ1) is 15.1.